The van der Waals surface area contributed by atoms with E-state index in [2.05, 4.69) is 21.7 Å². The van der Waals surface area contributed by atoms with Crippen LogP contribution in [-0.4, -0.2) is 17.4 Å². The van der Waals surface area contributed by atoms with Gasteiger partial charge in [0.05, 0.1) is 0 Å². The van der Waals surface area contributed by atoms with Gasteiger partial charge in [0.15, 0.2) is 0 Å². The minimum absolute atomic E-state index is 0.0892. The van der Waals surface area contributed by atoms with Crippen LogP contribution >= 0.6 is 0 Å². The maximum absolute atomic E-state index is 12.9. The van der Waals surface area contributed by atoms with Crippen LogP contribution in [0.1, 0.15) is 48.0 Å². The van der Waals surface area contributed by atoms with Crippen molar-refractivity contribution in [2.24, 2.45) is 0 Å². The highest BCUT2D eigenvalue weighted by atomic mass is 19.1. The third kappa shape index (κ3) is 5.41. The maximum Gasteiger partial charge on any atom is 0.251 e. The summed E-state index contributed by atoms with van der Waals surface area (Å²) in [5, 5.41) is 6.14. The second-order valence-electron chi connectivity index (χ2n) is 6.52. The van der Waals surface area contributed by atoms with Crippen molar-refractivity contribution in [3.8, 4) is 0 Å². The lowest BCUT2D eigenvalue weighted by Crippen LogP contribution is -2.25. The minimum atomic E-state index is -0.255. The molecule has 1 aromatic heterocycles. The Morgan fingerprint density at radius 1 is 1.15 bits per heavy atom. The van der Waals surface area contributed by atoms with Gasteiger partial charge in [-0.15, -0.1) is 0 Å². The summed E-state index contributed by atoms with van der Waals surface area (Å²) < 4.78 is 12.9. The van der Waals surface area contributed by atoms with E-state index in [1.807, 2.05) is 0 Å². The van der Waals surface area contributed by atoms with Crippen molar-refractivity contribution in [1.82, 2.24) is 10.3 Å². The number of rotatable bonds is 7. The Hall–Kier alpha value is -2.69. The van der Waals surface area contributed by atoms with Crippen molar-refractivity contribution in [2.75, 3.05) is 11.9 Å². The van der Waals surface area contributed by atoms with Crippen molar-refractivity contribution in [2.45, 2.75) is 38.6 Å². The van der Waals surface area contributed by atoms with Crippen LogP contribution in [0.3, 0.4) is 0 Å². The smallest absolute Gasteiger partial charge is 0.251 e. The van der Waals surface area contributed by atoms with Crippen LogP contribution in [-0.2, 0) is 6.54 Å². The summed E-state index contributed by atoms with van der Waals surface area (Å²) in [6.45, 7) is 1.18. The molecule has 2 N–H and O–H groups in total. The first-order valence-corrected chi connectivity index (χ1v) is 9.11. The fourth-order valence-electron chi connectivity index (χ4n) is 3.03. The molecule has 0 saturated carbocycles. The highest BCUT2D eigenvalue weighted by Gasteiger charge is 2.08. The van der Waals surface area contributed by atoms with Gasteiger partial charge in [-0.3, -0.25) is 4.79 Å². The predicted molar refractivity (Wildman–Crippen MR) is 101 cm³/mol. The normalized spacial score (nSPS) is 13.8. The molecule has 1 aromatic carbocycles. The Morgan fingerprint density at radius 2 is 2.00 bits per heavy atom. The number of halogens is 1. The zero-order chi connectivity index (χ0) is 18.2. The highest BCUT2D eigenvalue weighted by Crippen LogP contribution is 2.19. The number of hydrogen-bond acceptors (Lipinski definition) is 3. The van der Waals surface area contributed by atoms with Gasteiger partial charge in [-0.05, 0) is 61.9 Å². The van der Waals surface area contributed by atoms with E-state index in [4.69, 9.17) is 0 Å². The Labute approximate surface area is 153 Å². The molecule has 2 aromatic rings. The standard InChI is InChI=1S/C21H24FN3O/c22-19-8-6-17(7-9-19)15-25-20-14-18(11-13-23-20)21(26)24-12-10-16-4-2-1-3-5-16/h4,6-9,11,13-14H,1-3,5,10,12,15H2,(H,23,25)(H,24,26). The van der Waals surface area contributed by atoms with Gasteiger partial charge in [0.2, 0.25) is 0 Å². The number of hydrogen-bond donors (Lipinski definition) is 2. The number of anilines is 1. The molecular formula is C21H24FN3O. The number of nitrogens with one attached hydrogen (secondary N) is 2. The van der Waals surface area contributed by atoms with E-state index >= 15 is 0 Å². The number of allylic oxidation sites excluding steroid dienone is 1. The summed E-state index contributed by atoms with van der Waals surface area (Å²) in [4.78, 5) is 16.6. The first-order valence-electron chi connectivity index (χ1n) is 9.11. The maximum atomic E-state index is 12.9. The predicted octanol–water partition coefficient (Wildman–Crippen LogP) is 4.45. The molecular weight excluding hydrogens is 329 g/mol. The first-order chi connectivity index (χ1) is 12.7. The van der Waals surface area contributed by atoms with Crippen LogP contribution < -0.4 is 10.6 Å². The molecule has 0 fully saturated rings. The first kappa shape index (κ1) is 18.1. The van der Waals surface area contributed by atoms with E-state index in [1.54, 1.807) is 30.5 Å². The van der Waals surface area contributed by atoms with E-state index < -0.39 is 0 Å². The number of aromatic nitrogens is 1. The Kier molecular flexibility index (Phi) is 6.36. The van der Waals surface area contributed by atoms with Crippen LogP contribution in [0.15, 0.2) is 54.2 Å². The molecule has 1 amide bonds. The molecule has 0 aliphatic heterocycles. The summed E-state index contributed by atoms with van der Waals surface area (Å²) in [6.07, 6.45) is 9.70. The highest BCUT2D eigenvalue weighted by molar-refractivity contribution is 5.94. The lowest BCUT2D eigenvalue weighted by atomic mass is 9.97. The Bertz CT molecular complexity index is 771. The molecule has 26 heavy (non-hydrogen) atoms. The number of nitrogens with zero attached hydrogens (tertiary/aromatic N) is 1. The monoisotopic (exact) mass is 353 g/mol. The molecule has 1 heterocycles. The molecule has 0 spiro atoms. The summed E-state index contributed by atoms with van der Waals surface area (Å²) in [5.74, 6) is 0.278. The van der Waals surface area contributed by atoms with Gasteiger partial charge in [-0.25, -0.2) is 9.37 Å². The zero-order valence-corrected chi connectivity index (χ0v) is 14.8. The van der Waals surface area contributed by atoms with Crippen molar-refractivity contribution < 1.29 is 9.18 Å². The van der Waals surface area contributed by atoms with Crippen molar-refractivity contribution in [3.05, 3.63) is 71.2 Å². The molecule has 0 unspecified atom stereocenters. The molecule has 0 bridgehead atoms. The number of amides is 1. The largest absolute Gasteiger partial charge is 0.366 e. The third-order valence-corrected chi connectivity index (χ3v) is 4.53. The van der Waals surface area contributed by atoms with Gasteiger partial charge in [-0.2, -0.15) is 0 Å². The average molecular weight is 353 g/mol. The van der Waals surface area contributed by atoms with Gasteiger partial charge in [0.25, 0.3) is 5.91 Å². The van der Waals surface area contributed by atoms with Crippen LogP contribution in [0, 0.1) is 5.82 Å². The summed E-state index contributed by atoms with van der Waals surface area (Å²) in [6, 6.07) is 9.74. The van der Waals surface area contributed by atoms with Crippen molar-refractivity contribution >= 4 is 11.7 Å². The fraction of sp³-hybridized carbons (Fsp3) is 0.333. The molecule has 1 aliphatic rings. The van der Waals surface area contributed by atoms with Crippen molar-refractivity contribution in [3.63, 3.8) is 0 Å². The van der Waals surface area contributed by atoms with Gasteiger partial charge < -0.3 is 10.6 Å². The fourth-order valence-corrected chi connectivity index (χ4v) is 3.03. The topological polar surface area (TPSA) is 54.0 Å². The summed E-state index contributed by atoms with van der Waals surface area (Å²) in [7, 11) is 0. The Morgan fingerprint density at radius 3 is 2.77 bits per heavy atom. The molecule has 3 rings (SSSR count). The van der Waals surface area contributed by atoms with E-state index in [-0.39, 0.29) is 11.7 Å². The average Bonchev–Trinajstić information content (AvgIpc) is 2.68. The van der Waals surface area contributed by atoms with Crippen LogP contribution in [0.25, 0.3) is 0 Å². The molecule has 0 saturated heterocycles. The number of benzene rings is 1. The van der Waals surface area contributed by atoms with Gasteiger partial charge >= 0.3 is 0 Å². The Balaban J connectivity index is 1.50. The minimum Gasteiger partial charge on any atom is -0.366 e. The van der Waals surface area contributed by atoms with Gasteiger partial charge in [-0.1, -0.05) is 23.8 Å². The van der Waals surface area contributed by atoms with E-state index in [1.165, 1.54) is 30.5 Å². The lowest BCUT2D eigenvalue weighted by molar-refractivity contribution is 0.0954. The van der Waals surface area contributed by atoms with Crippen LogP contribution in [0.2, 0.25) is 0 Å². The molecule has 0 atom stereocenters. The summed E-state index contributed by atoms with van der Waals surface area (Å²) >= 11 is 0. The molecule has 0 radical (unpaired) electrons. The SMILES string of the molecule is O=C(NCCC1=CCCCC1)c1ccnc(NCc2ccc(F)cc2)c1. The van der Waals surface area contributed by atoms with Gasteiger partial charge in [0.1, 0.15) is 11.6 Å². The number of carbonyl (C=O) groups is 1. The lowest BCUT2D eigenvalue weighted by Gasteiger charge is -2.13. The third-order valence-electron chi connectivity index (χ3n) is 4.53. The van der Waals surface area contributed by atoms with Crippen LogP contribution in [0.4, 0.5) is 10.2 Å². The molecule has 4 nitrogen and oxygen atoms in total. The molecule has 136 valence electrons. The second-order valence-corrected chi connectivity index (χ2v) is 6.52. The molecule has 1 aliphatic carbocycles. The molecule has 5 heteroatoms. The quantitative estimate of drug-likeness (QED) is 0.723. The number of pyridine rings is 1. The van der Waals surface area contributed by atoms with Crippen LogP contribution in [0.5, 0.6) is 0 Å². The second kappa shape index (κ2) is 9.13. The van der Waals surface area contributed by atoms with E-state index in [9.17, 15) is 9.18 Å². The zero-order valence-electron chi connectivity index (χ0n) is 14.8. The number of carbonyl (C=O) groups excluding carboxylic acids is 1. The van der Waals surface area contributed by atoms with E-state index in [0.29, 0.717) is 24.5 Å². The van der Waals surface area contributed by atoms with Crippen molar-refractivity contribution in [1.29, 1.82) is 0 Å². The van der Waals surface area contributed by atoms with E-state index in [0.717, 1.165) is 24.8 Å². The summed E-state index contributed by atoms with van der Waals surface area (Å²) in [5.41, 5.74) is 2.98. The van der Waals surface area contributed by atoms with Gasteiger partial charge in [0, 0.05) is 24.8 Å².